The van der Waals surface area contributed by atoms with E-state index in [1.165, 1.54) is 18.2 Å². The van der Waals surface area contributed by atoms with Crippen LogP contribution in [0.15, 0.2) is 24.3 Å². The summed E-state index contributed by atoms with van der Waals surface area (Å²) in [6, 6.07) is 5.63. The topological polar surface area (TPSA) is 75.6 Å². The highest BCUT2D eigenvalue weighted by Crippen LogP contribution is 2.26. The second kappa shape index (κ2) is 8.40. The van der Waals surface area contributed by atoms with Crippen LogP contribution in [-0.2, 0) is 16.0 Å². The number of nitrogens with one attached hydrogen (secondary N) is 1. The summed E-state index contributed by atoms with van der Waals surface area (Å²) in [5.41, 5.74) is 0.276. The number of ether oxygens (including phenoxy) is 1. The van der Waals surface area contributed by atoms with Crippen molar-refractivity contribution >= 4 is 11.9 Å². The van der Waals surface area contributed by atoms with Gasteiger partial charge in [0, 0.05) is 19.4 Å². The molecule has 0 saturated carbocycles. The van der Waals surface area contributed by atoms with Crippen LogP contribution in [0.5, 0.6) is 5.75 Å². The van der Waals surface area contributed by atoms with Gasteiger partial charge in [0.25, 0.3) is 0 Å². The summed E-state index contributed by atoms with van der Waals surface area (Å²) in [7, 11) is 0. The molecule has 5 nitrogen and oxygen atoms in total. The fraction of sp³-hybridized carbons (Fsp3) is 0.467. The molecule has 0 bridgehead atoms. The van der Waals surface area contributed by atoms with Gasteiger partial charge in [-0.15, -0.1) is 13.2 Å². The van der Waals surface area contributed by atoms with Crippen molar-refractivity contribution in [3.63, 3.8) is 0 Å². The van der Waals surface area contributed by atoms with Gasteiger partial charge in [-0.2, -0.15) is 0 Å². The second-order valence-electron chi connectivity index (χ2n) is 5.16. The Hall–Kier alpha value is -2.25. The van der Waals surface area contributed by atoms with Crippen molar-refractivity contribution in [3.05, 3.63) is 29.8 Å². The van der Waals surface area contributed by atoms with Gasteiger partial charge in [0.15, 0.2) is 0 Å². The van der Waals surface area contributed by atoms with Crippen molar-refractivity contribution in [1.29, 1.82) is 0 Å². The third kappa shape index (κ3) is 8.08. The van der Waals surface area contributed by atoms with E-state index in [0.717, 1.165) is 0 Å². The number of hydrogen-bond acceptors (Lipinski definition) is 3. The molecule has 128 valence electrons. The molecule has 0 spiro atoms. The highest BCUT2D eigenvalue weighted by molar-refractivity contribution is 5.76. The van der Waals surface area contributed by atoms with Crippen molar-refractivity contribution in [2.24, 2.45) is 5.92 Å². The zero-order valence-electron chi connectivity index (χ0n) is 12.5. The largest absolute Gasteiger partial charge is 0.573 e. The highest BCUT2D eigenvalue weighted by atomic mass is 19.4. The van der Waals surface area contributed by atoms with Gasteiger partial charge in [-0.1, -0.05) is 25.1 Å². The van der Waals surface area contributed by atoms with Crippen LogP contribution in [0.3, 0.4) is 0 Å². The van der Waals surface area contributed by atoms with Gasteiger partial charge >= 0.3 is 12.3 Å². The van der Waals surface area contributed by atoms with Crippen LogP contribution in [0, 0.1) is 5.92 Å². The monoisotopic (exact) mass is 333 g/mol. The van der Waals surface area contributed by atoms with Crippen LogP contribution >= 0.6 is 0 Å². The zero-order valence-corrected chi connectivity index (χ0v) is 12.5. The van der Waals surface area contributed by atoms with Crippen molar-refractivity contribution in [3.8, 4) is 5.75 Å². The molecular formula is C15H18F3NO4. The van der Waals surface area contributed by atoms with Gasteiger partial charge in [-0.25, -0.2) is 0 Å². The third-order valence-corrected chi connectivity index (χ3v) is 2.99. The quantitative estimate of drug-likeness (QED) is 0.767. The number of rotatable bonds is 8. The third-order valence-electron chi connectivity index (χ3n) is 2.99. The maximum atomic E-state index is 12.3. The first-order valence-electron chi connectivity index (χ1n) is 6.99. The molecule has 8 heteroatoms. The lowest BCUT2D eigenvalue weighted by molar-refractivity contribution is -0.274. The number of carbonyl (C=O) groups excluding carboxylic acids is 1. The zero-order chi connectivity index (χ0) is 17.5. The highest BCUT2D eigenvalue weighted by Gasteiger charge is 2.31. The Kier molecular flexibility index (Phi) is 6.87. The van der Waals surface area contributed by atoms with Crippen LogP contribution in [0.2, 0.25) is 0 Å². The van der Waals surface area contributed by atoms with Gasteiger partial charge in [-0.05, 0) is 24.0 Å². The van der Waals surface area contributed by atoms with Gasteiger partial charge in [0.2, 0.25) is 5.91 Å². The number of aryl methyl sites for hydroxylation is 1. The maximum Gasteiger partial charge on any atom is 0.573 e. The van der Waals surface area contributed by atoms with Crippen LogP contribution < -0.4 is 10.1 Å². The summed E-state index contributed by atoms with van der Waals surface area (Å²) in [5, 5.41) is 11.2. The summed E-state index contributed by atoms with van der Waals surface area (Å²) in [5.74, 6) is -1.86. The number of benzene rings is 1. The number of para-hydroxylation sites is 1. The normalized spacial score (nSPS) is 12.5. The first kappa shape index (κ1) is 18.8. The Balaban J connectivity index is 2.48. The van der Waals surface area contributed by atoms with E-state index >= 15 is 0 Å². The van der Waals surface area contributed by atoms with Gasteiger partial charge in [0.1, 0.15) is 5.75 Å². The molecule has 0 aliphatic rings. The van der Waals surface area contributed by atoms with E-state index in [1.807, 2.05) is 0 Å². The molecule has 1 unspecified atom stereocenters. The molecule has 1 aromatic carbocycles. The van der Waals surface area contributed by atoms with E-state index in [-0.39, 0.29) is 48.9 Å². The second-order valence-corrected chi connectivity index (χ2v) is 5.16. The lowest BCUT2D eigenvalue weighted by Crippen LogP contribution is -2.29. The van der Waals surface area contributed by atoms with Crippen LogP contribution in [0.4, 0.5) is 13.2 Å². The summed E-state index contributed by atoms with van der Waals surface area (Å²) in [6.07, 6.45) is -4.78. The maximum absolute atomic E-state index is 12.3. The lowest BCUT2D eigenvalue weighted by atomic mass is 10.1. The Morgan fingerprint density at radius 3 is 2.57 bits per heavy atom. The standard InChI is InChI=1S/C15H18F3NO4/c1-10(8-14(21)22)9-19-13(20)7-6-11-4-2-3-5-12(11)23-15(16,17)18/h2-5,10H,6-9H2,1H3,(H,19,20)(H,21,22). The number of carboxylic acid groups (broad SMARTS) is 1. The summed E-state index contributed by atoms with van der Waals surface area (Å²) in [6.45, 7) is 1.88. The Morgan fingerprint density at radius 1 is 1.30 bits per heavy atom. The van der Waals surface area contributed by atoms with Gasteiger partial charge < -0.3 is 15.2 Å². The first-order chi connectivity index (χ1) is 10.7. The van der Waals surface area contributed by atoms with Crippen molar-refractivity contribution in [1.82, 2.24) is 5.32 Å². The molecule has 1 amide bonds. The molecule has 0 saturated heterocycles. The van der Waals surface area contributed by atoms with Crippen LogP contribution in [-0.4, -0.2) is 29.9 Å². The number of amides is 1. The Morgan fingerprint density at radius 2 is 1.96 bits per heavy atom. The molecular weight excluding hydrogens is 315 g/mol. The van der Waals surface area contributed by atoms with E-state index in [9.17, 15) is 22.8 Å². The van der Waals surface area contributed by atoms with Gasteiger partial charge in [-0.3, -0.25) is 9.59 Å². The molecule has 2 N–H and O–H groups in total. The summed E-state index contributed by atoms with van der Waals surface area (Å²) in [4.78, 5) is 22.2. The molecule has 1 aromatic rings. The number of halogens is 3. The molecule has 23 heavy (non-hydrogen) atoms. The van der Waals surface area contributed by atoms with Crippen LogP contribution in [0.25, 0.3) is 0 Å². The smallest absolute Gasteiger partial charge is 0.481 e. The predicted octanol–water partition coefficient (Wildman–Crippen LogP) is 2.74. The van der Waals surface area contributed by atoms with Crippen molar-refractivity contribution in [2.75, 3.05) is 6.54 Å². The molecule has 0 fully saturated rings. The van der Waals surface area contributed by atoms with Crippen molar-refractivity contribution in [2.45, 2.75) is 32.5 Å². The number of aliphatic carboxylic acids is 1. The van der Waals surface area contributed by atoms with E-state index in [1.54, 1.807) is 13.0 Å². The van der Waals surface area contributed by atoms with E-state index < -0.39 is 12.3 Å². The number of carbonyl (C=O) groups is 2. The van der Waals surface area contributed by atoms with E-state index in [4.69, 9.17) is 5.11 Å². The minimum absolute atomic E-state index is 0.0159. The predicted molar refractivity (Wildman–Crippen MR) is 75.9 cm³/mol. The number of alkyl halides is 3. The first-order valence-corrected chi connectivity index (χ1v) is 6.99. The fourth-order valence-corrected chi connectivity index (χ4v) is 1.93. The van der Waals surface area contributed by atoms with Gasteiger partial charge in [0.05, 0.1) is 0 Å². The molecule has 0 heterocycles. The lowest BCUT2D eigenvalue weighted by Gasteiger charge is -2.13. The molecule has 0 aliphatic carbocycles. The molecule has 0 aliphatic heterocycles. The Labute approximate surface area is 131 Å². The average Bonchev–Trinajstić information content (AvgIpc) is 2.42. The molecule has 1 rings (SSSR count). The summed E-state index contributed by atoms with van der Waals surface area (Å²) >= 11 is 0. The van der Waals surface area contributed by atoms with E-state index in [0.29, 0.717) is 0 Å². The minimum Gasteiger partial charge on any atom is -0.481 e. The SMILES string of the molecule is CC(CNC(=O)CCc1ccccc1OC(F)(F)F)CC(=O)O. The van der Waals surface area contributed by atoms with E-state index in [2.05, 4.69) is 10.1 Å². The number of carboxylic acids is 1. The number of hydrogen-bond donors (Lipinski definition) is 2. The molecule has 0 aromatic heterocycles. The summed E-state index contributed by atoms with van der Waals surface area (Å²) < 4.78 is 40.8. The average molecular weight is 333 g/mol. The van der Waals surface area contributed by atoms with Crippen molar-refractivity contribution < 1.29 is 32.6 Å². The molecule has 1 atom stereocenters. The van der Waals surface area contributed by atoms with Crippen LogP contribution in [0.1, 0.15) is 25.3 Å². The fourth-order valence-electron chi connectivity index (χ4n) is 1.93. The Bertz CT molecular complexity index is 546. The minimum atomic E-state index is -4.79. The molecule has 0 radical (unpaired) electrons.